The van der Waals surface area contributed by atoms with E-state index in [1.165, 1.54) is 36.2 Å². The fourth-order valence-electron chi connectivity index (χ4n) is 2.11. The van der Waals surface area contributed by atoms with Gasteiger partial charge in [0.05, 0.1) is 20.4 Å². The summed E-state index contributed by atoms with van der Waals surface area (Å²) in [5, 5.41) is 2.45. The van der Waals surface area contributed by atoms with Crippen LogP contribution in [0, 0.1) is 5.82 Å². The van der Waals surface area contributed by atoms with Crippen molar-refractivity contribution in [3.8, 4) is 5.75 Å². The van der Waals surface area contributed by atoms with Crippen molar-refractivity contribution in [1.29, 1.82) is 0 Å². The summed E-state index contributed by atoms with van der Waals surface area (Å²) in [5.74, 6) is -0.558. The molecule has 1 aromatic carbocycles. The molecule has 0 radical (unpaired) electrons. The van der Waals surface area contributed by atoms with Gasteiger partial charge in [-0.15, -0.1) is 0 Å². The minimum absolute atomic E-state index is 0.0437. The smallest absolute Gasteiger partial charge is 0.323 e. The van der Waals surface area contributed by atoms with Crippen LogP contribution in [0.3, 0.4) is 0 Å². The van der Waals surface area contributed by atoms with E-state index in [2.05, 4.69) is 5.32 Å². The summed E-state index contributed by atoms with van der Waals surface area (Å²) in [4.78, 5) is 26.8. The lowest BCUT2D eigenvalue weighted by Gasteiger charge is -2.19. The van der Waals surface area contributed by atoms with Gasteiger partial charge in [-0.2, -0.15) is 0 Å². The average molecular weight is 311 g/mol. The molecule has 0 unspecified atom stereocenters. The molecule has 22 heavy (non-hydrogen) atoms. The Morgan fingerprint density at radius 1 is 1.41 bits per heavy atom. The zero-order valence-corrected chi connectivity index (χ0v) is 12.5. The van der Waals surface area contributed by atoms with Gasteiger partial charge in [-0.25, -0.2) is 9.18 Å². The molecule has 7 nitrogen and oxygen atoms in total. The number of nitrogens with one attached hydrogen (secondary N) is 1. The van der Waals surface area contributed by atoms with Crippen LogP contribution < -0.4 is 10.1 Å². The number of para-hydroxylation sites is 1. The molecule has 0 atom stereocenters. The third kappa shape index (κ3) is 3.45. The van der Waals surface area contributed by atoms with Crippen LogP contribution in [-0.4, -0.2) is 62.3 Å². The van der Waals surface area contributed by atoms with Crippen LogP contribution in [0.15, 0.2) is 18.2 Å². The Morgan fingerprint density at radius 2 is 2.18 bits per heavy atom. The summed E-state index contributed by atoms with van der Waals surface area (Å²) in [6.45, 7) is 0.890. The number of hydrogen-bond acceptors (Lipinski definition) is 4. The van der Waals surface area contributed by atoms with Crippen molar-refractivity contribution in [3.63, 3.8) is 0 Å². The zero-order chi connectivity index (χ0) is 16.1. The summed E-state index contributed by atoms with van der Waals surface area (Å²) in [5.41, 5.74) is -0.0437. The predicted molar refractivity (Wildman–Crippen MR) is 77.1 cm³/mol. The lowest BCUT2D eigenvalue weighted by molar-refractivity contribution is -0.127. The van der Waals surface area contributed by atoms with Crippen LogP contribution in [0.2, 0.25) is 0 Å². The second-order valence-electron chi connectivity index (χ2n) is 4.74. The van der Waals surface area contributed by atoms with E-state index in [1.54, 1.807) is 6.07 Å². The Labute approximate surface area is 127 Å². The number of carbonyl (C=O) groups excluding carboxylic acids is 2. The van der Waals surface area contributed by atoms with Crippen LogP contribution in [0.4, 0.5) is 14.9 Å². The number of carbonyl (C=O) groups is 2. The second kappa shape index (κ2) is 7.08. The molecule has 1 fully saturated rings. The number of halogens is 1. The summed E-state index contributed by atoms with van der Waals surface area (Å²) in [6, 6.07) is 3.68. The van der Waals surface area contributed by atoms with E-state index in [9.17, 15) is 14.0 Å². The Balaban J connectivity index is 2.03. The topological polar surface area (TPSA) is 71.1 Å². The van der Waals surface area contributed by atoms with Gasteiger partial charge in [0.25, 0.3) is 0 Å². The van der Waals surface area contributed by atoms with Crippen molar-refractivity contribution in [2.24, 2.45) is 0 Å². The van der Waals surface area contributed by atoms with Crippen molar-refractivity contribution in [2.45, 2.75) is 0 Å². The maximum Gasteiger partial charge on any atom is 0.323 e. The predicted octanol–water partition coefficient (Wildman–Crippen LogP) is 1.11. The van der Waals surface area contributed by atoms with Crippen LogP contribution >= 0.6 is 0 Å². The van der Waals surface area contributed by atoms with Gasteiger partial charge in [-0.05, 0) is 12.1 Å². The molecule has 1 aliphatic rings. The molecule has 1 aliphatic heterocycles. The SMILES string of the molecule is COCCN1CN(C(=O)Nc2c(F)cccc2OC)CC1=O. The first-order valence-electron chi connectivity index (χ1n) is 6.72. The Hall–Kier alpha value is -2.35. The summed E-state index contributed by atoms with van der Waals surface area (Å²) in [7, 11) is 2.92. The van der Waals surface area contributed by atoms with Crippen molar-refractivity contribution >= 4 is 17.6 Å². The number of amides is 3. The Kier molecular flexibility index (Phi) is 5.16. The summed E-state index contributed by atoms with van der Waals surface area (Å²) >= 11 is 0. The van der Waals surface area contributed by atoms with E-state index < -0.39 is 11.8 Å². The van der Waals surface area contributed by atoms with E-state index in [0.717, 1.165) is 0 Å². The number of ether oxygens (including phenoxy) is 2. The van der Waals surface area contributed by atoms with Gasteiger partial charge < -0.3 is 19.7 Å². The van der Waals surface area contributed by atoms with Crippen LogP contribution in [-0.2, 0) is 9.53 Å². The van der Waals surface area contributed by atoms with E-state index in [-0.39, 0.29) is 30.6 Å². The van der Waals surface area contributed by atoms with Gasteiger partial charge in [0.15, 0.2) is 5.82 Å². The molecule has 8 heteroatoms. The van der Waals surface area contributed by atoms with E-state index >= 15 is 0 Å². The number of urea groups is 1. The quantitative estimate of drug-likeness (QED) is 0.884. The first-order chi connectivity index (χ1) is 10.6. The molecule has 0 saturated carbocycles. The highest BCUT2D eigenvalue weighted by Gasteiger charge is 2.31. The van der Waals surface area contributed by atoms with Crippen molar-refractivity contribution in [2.75, 3.05) is 45.9 Å². The normalized spacial score (nSPS) is 14.4. The minimum Gasteiger partial charge on any atom is -0.494 e. The van der Waals surface area contributed by atoms with E-state index in [1.807, 2.05) is 0 Å². The number of benzene rings is 1. The number of hydrogen-bond donors (Lipinski definition) is 1. The lowest BCUT2D eigenvalue weighted by Crippen LogP contribution is -2.35. The van der Waals surface area contributed by atoms with Gasteiger partial charge in [0.2, 0.25) is 5.91 Å². The molecule has 3 amide bonds. The molecular weight excluding hydrogens is 293 g/mol. The molecule has 1 N–H and O–H groups in total. The second-order valence-corrected chi connectivity index (χ2v) is 4.74. The van der Waals surface area contributed by atoms with Crippen LogP contribution in [0.25, 0.3) is 0 Å². The Bertz CT molecular complexity index is 567. The highest BCUT2D eigenvalue weighted by molar-refractivity contribution is 5.95. The molecule has 0 aliphatic carbocycles. The van der Waals surface area contributed by atoms with Gasteiger partial charge in [-0.1, -0.05) is 6.07 Å². The van der Waals surface area contributed by atoms with Gasteiger partial charge >= 0.3 is 6.03 Å². The van der Waals surface area contributed by atoms with Crippen LogP contribution in [0.1, 0.15) is 0 Å². The molecule has 1 aromatic rings. The monoisotopic (exact) mass is 311 g/mol. The number of methoxy groups -OCH3 is 2. The number of anilines is 1. The molecule has 2 rings (SSSR count). The molecule has 120 valence electrons. The van der Waals surface area contributed by atoms with Crippen molar-refractivity contribution < 1.29 is 23.5 Å². The molecule has 1 saturated heterocycles. The first kappa shape index (κ1) is 16.0. The van der Waals surface area contributed by atoms with E-state index in [0.29, 0.717) is 13.2 Å². The standard InChI is InChI=1S/C14H18FN3O4/c1-21-7-6-17-9-18(8-12(17)19)14(20)16-13-10(15)4-3-5-11(13)22-2/h3-5H,6-9H2,1-2H3,(H,16,20). The average Bonchev–Trinajstić information content (AvgIpc) is 2.88. The highest BCUT2D eigenvalue weighted by Crippen LogP contribution is 2.27. The minimum atomic E-state index is -0.602. The maximum atomic E-state index is 13.8. The van der Waals surface area contributed by atoms with Crippen molar-refractivity contribution in [3.05, 3.63) is 24.0 Å². The van der Waals surface area contributed by atoms with Crippen molar-refractivity contribution in [1.82, 2.24) is 9.80 Å². The van der Waals surface area contributed by atoms with Gasteiger partial charge in [0, 0.05) is 13.7 Å². The Morgan fingerprint density at radius 3 is 2.86 bits per heavy atom. The maximum absolute atomic E-state index is 13.8. The lowest BCUT2D eigenvalue weighted by atomic mass is 10.3. The molecule has 1 heterocycles. The van der Waals surface area contributed by atoms with Gasteiger partial charge in [0.1, 0.15) is 18.0 Å². The number of nitrogens with zero attached hydrogens (tertiary/aromatic N) is 2. The fourth-order valence-corrected chi connectivity index (χ4v) is 2.11. The van der Waals surface area contributed by atoms with Gasteiger partial charge in [-0.3, -0.25) is 9.69 Å². The largest absolute Gasteiger partial charge is 0.494 e. The highest BCUT2D eigenvalue weighted by atomic mass is 19.1. The number of rotatable bonds is 5. The first-order valence-corrected chi connectivity index (χ1v) is 6.72. The molecule has 0 bridgehead atoms. The third-order valence-electron chi connectivity index (χ3n) is 3.30. The molecule has 0 aromatic heterocycles. The summed E-state index contributed by atoms with van der Waals surface area (Å²) < 4.78 is 23.7. The summed E-state index contributed by atoms with van der Waals surface area (Å²) in [6.07, 6.45) is 0. The fraction of sp³-hybridized carbons (Fsp3) is 0.429. The zero-order valence-electron chi connectivity index (χ0n) is 12.5. The third-order valence-corrected chi connectivity index (χ3v) is 3.30. The molecular formula is C14H18FN3O4. The van der Waals surface area contributed by atoms with Crippen LogP contribution in [0.5, 0.6) is 5.75 Å². The van der Waals surface area contributed by atoms with E-state index in [4.69, 9.17) is 9.47 Å². The molecule has 0 spiro atoms.